The molecular weight excluding hydrogens is 220 g/mol. The summed E-state index contributed by atoms with van der Waals surface area (Å²) in [5.74, 6) is 0. The minimum absolute atomic E-state index is 0.407. The lowest BCUT2D eigenvalue weighted by molar-refractivity contribution is -0.108. The number of aldehydes is 1. The Kier molecular flexibility index (Phi) is 3.73. The van der Waals surface area contributed by atoms with Crippen LogP contribution in [-0.4, -0.2) is 6.29 Å². The SMILES string of the molecule is C=CC(CC=O)(c1ccccc1)c1ccccc1. The monoisotopic (exact) mass is 236 g/mol. The molecule has 0 radical (unpaired) electrons. The summed E-state index contributed by atoms with van der Waals surface area (Å²) in [7, 11) is 0. The van der Waals surface area contributed by atoms with Crippen LogP contribution in [0.2, 0.25) is 0 Å². The van der Waals surface area contributed by atoms with Gasteiger partial charge in [-0.2, -0.15) is 0 Å². The maximum atomic E-state index is 11.1. The van der Waals surface area contributed by atoms with Crippen LogP contribution in [0.5, 0.6) is 0 Å². The van der Waals surface area contributed by atoms with Crippen LogP contribution in [0, 0.1) is 0 Å². The molecular formula is C17H16O. The Morgan fingerprint density at radius 2 is 1.33 bits per heavy atom. The van der Waals surface area contributed by atoms with Crippen LogP contribution in [0.3, 0.4) is 0 Å². The molecule has 0 N–H and O–H groups in total. The quantitative estimate of drug-likeness (QED) is 0.571. The van der Waals surface area contributed by atoms with Crippen molar-refractivity contribution >= 4 is 6.29 Å². The van der Waals surface area contributed by atoms with Crippen LogP contribution in [0.15, 0.2) is 73.3 Å². The van der Waals surface area contributed by atoms with Crippen LogP contribution in [0.25, 0.3) is 0 Å². The zero-order valence-electron chi connectivity index (χ0n) is 10.3. The molecule has 0 saturated carbocycles. The molecule has 18 heavy (non-hydrogen) atoms. The Morgan fingerprint density at radius 3 is 1.67 bits per heavy atom. The lowest BCUT2D eigenvalue weighted by atomic mass is 9.72. The van der Waals surface area contributed by atoms with Crippen LogP contribution in [-0.2, 0) is 10.2 Å². The van der Waals surface area contributed by atoms with Crippen molar-refractivity contribution in [3.05, 3.63) is 84.4 Å². The van der Waals surface area contributed by atoms with Crippen LogP contribution >= 0.6 is 0 Å². The molecule has 0 spiro atoms. The summed E-state index contributed by atoms with van der Waals surface area (Å²) in [6.07, 6.45) is 3.23. The fourth-order valence-corrected chi connectivity index (χ4v) is 2.32. The summed E-state index contributed by atoms with van der Waals surface area (Å²) in [5, 5.41) is 0. The number of benzene rings is 2. The Hall–Kier alpha value is -2.15. The van der Waals surface area contributed by atoms with Crippen molar-refractivity contribution < 1.29 is 4.79 Å². The largest absolute Gasteiger partial charge is 0.303 e. The zero-order chi connectivity index (χ0) is 12.8. The van der Waals surface area contributed by atoms with E-state index in [9.17, 15) is 4.79 Å². The van der Waals surface area contributed by atoms with E-state index in [1.807, 2.05) is 66.7 Å². The van der Waals surface area contributed by atoms with Gasteiger partial charge in [0.15, 0.2) is 0 Å². The smallest absolute Gasteiger partial charge is 0.121 e. The topological polar surface area (TPSA) is 17.1 Å². The highest BCUT2D eigenvalue weighted by molar-refractivity contribution is 5.59. The van der Waals surface area contributed by atoms with E-state index in [0.29, 0.717) is 6.42 Å². The lowest BCUT2D eigenvalue weighted by Gasteiger charge is -2.30. The van der Waals surface area contributed by atoms with E-state index in [-0.39, 0.29) is 0 Å². The van der Waals surface area contributed by atoms with E-state index in [1.54, 1.807) is 0 Å². The van der Waals surface area contributed by atoms with Gasteiger partial charge in [0.05, 0.1) is 0 Å². The second kappa shape index (κ2) is 5.46. The highest BCUT2D eigenvalue weighted by atomic mass is 16.1. The van der Waals surface area contributed by atoms with Crippen LogP contribution < -0.4 is 0 Å². The Morgan fingerprint density at radius 1 is 0.889 bits per heavy atom. The predicted molar refractivity (Wildman–Crippen MR) is 74.5 cm³/mol. The summed E-state index contributed by atoms with van der Waals surface area (Å²) in [5.41, 5.74) is 1.76. The van der Waals surface area contributed by atoms with Gasteiger partial charge in [0.25, 0.3) is 0 Å². The van der Waals surface area contributed by atoms with Gasteiger partial charge in [-0.3, -0.25) is 0 Å². The summed E-state index contributed by atoms with van der Waals surface area (Å²) in [6.45, 7) is 3.95. The summed E-state index contributed by atoms with van der Waals surface area (Å²) in [4.78, 5) is 11.1. The summed E-state index contributed by atoms with van der Waals surface area (Å²) in [6, 6.07) is 20.1. The first-order valence-electron chi connectivity index (χ1n) is 6.02. The predicted octanol–water partition coefficient (Wildman–Crippen LogP) is 3.75. The van der Waals surface area contributed by atoms with Gasteiger partial charge >= 0.3 is 0 Å². The molecule has 0 aliphatic carbocycles. The molecule has 0 aliphatic heterocycles. The molecule has 0 unspecified atom stereocenters. The maximum absolute atomic E-state index is 11.1. The molecule has 0 amide bonds. The maximum Gasteiger partial charge on any atom is 0.121 e. The van der Waals surface area contributed by atoms with Crippen molar-refractivity contribution in [3.8, 4) is 0 Å². The van der Waals surface area contributed by atoms with Gasteiger partial charge < -0.3 is 4.79 Å². The average Bonchev–Trinajstić information content (AvgIpc) is 2.47. The number of hydrogen-bond acceptors (Lipinski definition) is 1. The van der Waals surface area contributed by atoms with Crippen molar-refractivity contribution in [2.24, 2.45) is 0 Å². The van der Waals surface area contributed by atoms with Gasteiger partial charge in [-0.25, -0.2) is 0 Å². The van der Waals surface area contributed by atoms with Gasteiger partial charge in [0.1, 0.15) is 6.29 Å². The molecule has 0 heterocycles. The average molecular weight is 236 g/mol. The molecule has 0 bridgehead atoms. The minimum atomic E-state index is -0.426. The van der Waals surface area contributed by atoms with Crippen LogP contribution in [0.4, 0.5) is 0 Å². The third kappa shape index (κ3) is 2.12. The Bertz CT molecular complexity index is 474. The third-order valence-corrected chi connectivity index (χ3v) is 3.33. The van der Waals surface area contributed by atoms with Gasteiger partial charge in [-0.05, 0) is 11.1 Å². The van der Waals surface area contributed by atoms with Crippen LogP contribution in [0.1, 0.15) is 17.5 Å². The van der Waals surface area contributed by atoms with Crippen molar-refractivity contribution in [2.45, 2.75) is 11.8 Å². The molecule has 0 aliphatic rings. The van der Waals surface area contributed by atoms with Gasteiger partial charge in [0.2, 0.25) is 0 Å². The molecule has 2 aromatic rings. The minimum Gasteiger partial charge on any atom is -0.303 e. The molecule has 0 aromatic heterocycles. The van der Waals surface area contributed by atoms with Crippen molar-refractivity contribution in [1.82, 2.24) is 0 Å². The first-order valence-corrected chi connectivity index (χ1v) is 6.02. The van der Waals surface area contributed by atoms with E-state index in [4.69, 9.17) is 0 Å². The fraction of sp³-hybridized carbons (Fsp3) is 0.118. The second-order valence-corrected chi connectivity index (χ2v) is 4.28. The molecule has 2 rings (SSSR count). The first-order chi connectivity index (χ1) is 8.83. The molecule has 2 aromatic carbocycles. The molecule has 0 fully saturated rings. The summed E-state index contributed by atoms with van der Waals surface area (Å²) >= 11 is 0. The number of rotatable bonds is 5. The molecule has 90 valence electrons. The third-order valence-electron chi connectivity index (χ3n) is 3.33. The molecule has 0 saturated heterocycles. The van der Waals surface area contributed by atoms with Crippen molar-refractivity contribution in [2.75, 3.05) is 0 Å². The number of carbonyl (C=O) groups excluding carboxylic acids is 1. The second-order valence-electron chi connectivity index (χ2n) is 4.28. The Labute approximate surface area is 108 Å². The van der Waals surface area contributed by atoms with Gasteiger partial charge in [-0.15, -0.1) is 6.58 Å². The summed E-state index contributed by atoms with van der Waals surface area (Å²) < 4.78 is 0. The Balaban J connectivity index is 2.60. The van der Waals surface area contributed by atoms with Crippen molar-refractivity contribution in [3.63, 3.8) is 0 Å². The van der Waals surface area contributed by atoms with Crippen molar-refractivity contribution in [1.29, 1.82) is 0 Å². The number of allylic oxidation sites excluding steroid dienone is 1. The lowest BCUT2D eigenvalue weighted by Crippen LogP contribution is -2.25. The van der Waals surface area contributed by atoms with E-state index in [0.717, 1.165) is 17.4 Å². The van der Waals surface area contributed by atoms with Gasteiger partial charge in [0, 0.05) is 11.8 Å². The molecule has 0 atom stereocenters. The first kappa shape index (κ1) is 12.3. The van der Waals surface area contributed by atoms with E-state index in [2.05, 4.69) is 6.58 Å². The zero-order valence-corrected chi connectivity index (χ0v) is 10.3. The molecule has 1 nitrogen and oxygen atoms in total. The van der Waals surface area contributed by atoms with E-state index < -0.39 is 5.41 Å². The van der Waals surface area contributed by atoms with E-state index in [1.165, 1.54) is 0 Å². The standard InChI is InChI=1S/C17H16O/c1-2-17(13-14-18,15-9-5-3-6-10-15)16-11-7-4-8-12-16/h2-12,14H,1,13H2. The fourth-order valence-electron chi connectivity index (χ4n) is 2.32. The highest BCUT2D eigenvalue weighted by Gasteiger charge is 2.30. The molecule has 1 heteroatoms. The number of hydrogen-bond donors (Lipinski definition) is 0. The highest BCUT2D eigenvalue weighted by Crippen LogP contribution is 2.35. The number of carbonyl (C=O) groups is 1. The normalized spacial score (nSPS) is 10.9. The van der Waals surface area contributed by atoms with Gasteiger partial charge in [-0.1, -0.05) is 66.7 Å². The van der Waals surface area contributed by atoms with E-state index >= 15 is 0 Å².